The second-order valence-corrected chi connectivity index (χ2v) is 5.40. The van der Waals surface area contributed by atoms with Crippen LogP contribution in [0.4, 0.5) is 0 Å². The second-order valence-electron chi connectivity index (χ2n) is 5.03. The molecule has 1 unspecified atom stereocenters. The van der Waals surface area contributed by atoms with Crippen molar-refractivity contribution in [3.8, 4) is 0 Å². The van der Waals surface area contributed by atoms with Gasteiger partial charge in [0.2, 0.25) is 5.91 Å². The predicted octanol–water partition coefficient (Wildman–Crippen LogP) is 3.16. The zero-order valence-electron chi connectivity index (χ0n) is 10.9. The topological polar surface area (TPSA) is 20.3 Å². The molecule has 2 nitrogen and oxygen atoms in total. The summed E-state index contributed by atoms with van der Waals surface area (Å²) in [6.07, 6.45) is 3.65. The smallest absolute Gasteiger partial charge is 0.227 e. The van der Waals surface area contributed by atoms with Gasteiger partial charge in [0.25, 0.3) is 0 Å². The molecule has 0 radical (unpaired) electrons. The van der Waals surface area contributed by atoms with Gasteiger partial charge in [0.15, 0.2) is 0 Å². The third-order valence-corrected chi connectivity index (χ3v) is 3.80. The first-order valence-electron chi connectivity index (χ1n) is 6.61. The molecule has 3 heteroatoms. The maximum absolute atomic E-state index is 12.3. The van der Waals surface area contributed by atoms with Crippen molar-refractivity contribution in [1.29, 1.82) is 0 Å². The number of hydrogen-bond donors (Lipinski definition) is 0. The fourth-order valence-electron chi connectivity index (χ4n) is 2.69. The van der Waals surface area contributed by atoms with Crippen LogP contribution in [-0.4, -0.2) is 29.3 Å². The van der Waals surface area contributed by atoms with E-state index in [1.54, 1.807) is 0 Å². The summed E-state index contributed by atoms with van der Waals surface area (Å²) in [5.74, 6) is 0.882. The van der Waals surface area contributed by atoms with Crippen LogP contribution in [0.2, 0.25) is 0 Å². The van der Waals surface area contributed by atoms with Gasteiger partial charge in [-0.05, 0) is 31.7 Å². The molecule has 0 spiro atoms. The van der Waals surface area contributed by atoms with E-state index < -0.39 is 0 Å². The van der Waals surface area contributed by atoms with Gasteiger partial charge in [0.05, 0.1) is 6.42 Å². The molecule has 1 amide bonds. The zero-order valence-corrected chi connectivity index (χ0v) is 11.6. The molecule has 0 N–H and O–H groups in total. The van der Waals surface area contributed by atoms with Crippen LogP contribution in [0.5, 0.6) is 0 Å². The van der Waals surface area contributed by atoms with Gasteiger partial charge in [0.1, 0.15) is 0 Å². The van der Waals surface area contributed by atoms with Gasteiger partial charge in [0, 0.05) is 18.5 Å². The Morgan fingerprint density at radius 1 is 1.50 bits per heavy atom. The van der Waals surface area contributed by atoms with Crippen LogP contribution in [0.15, 0.2) is 24.3 Å². The number of carbonyl (C=O) groups is 1. The molecular weight excluding hydrogens is 246 g/mol. The monoisotopic (exact) mass is 265 g/mol. The fourth-order valence-corrected chi connectivity index (χ4v) is 2.94. The summed E-state index contributed by atoms with van der Waals surface area (Å²) in [5.41, 5.74) is 2.32. The van der Waals surface area contributed by atoms with Gasteiger partial charge in [-0.3, -0.25) is 4.79 Å². The summed E-state index contributed by atoms with van der Waals surface area (Å²) in [7, 11) is 0. The van der Waals surface area contributed by atoms with Crippen molar-refractivity contribution in [3.05, 3.63) is 35.4 Å². The van der Waals surface area contributed by atoms with E-state index in [1.807, 2.05) is 17.0 Å². The normalized spacial score (nSPS) is 19.2. The highest BCUT2D eigenvalue weighted by molar-refractivity contribution is 6.17. The number of carbonyl (C=O) groups excluding carboxylic acids is 1. The van der Waals surface area contributed by atoms with Crippen LogP contribution in [0.1, 0.15) is 30.4 Å². The third-order valence-electron chi connectivity index (χ3n) is 3.58. The van der Waals surface area contributed by atoms with Gasteiger partial charge in [-0.25, -0.2) is 0 Å². The number of halogens is 1. The Balaban J connectivity index is 1.99. The molecule has 0 aliphatic carbocycles. The van der Waals surface area contributed by atoms with E-state index in [-0.39, 0.29) is 5.91 Å². The van der Waals surface area contributed by atoms with Gasteiger partial charge in [-0.2, -0.15) is 0 Å². The van der Waals surface area contributed by atoms with Crippen LogP contribution in [0.3, 0.4) is 0 Å². The van der Waals surface area contributed by atoms with E-state index in [0.717, 1.165) is 31.4 Å². The zero-order chi connectivity index (χ0) is 13.0. The molecule has 1 fully saturated rings. The number of aryl methyl sites for hydroxylation is 1. The highest BCUT2D eigenvalue weighted by Gasteiger charge is 2.27. The Bertz CT molecular complexity index is 419. The molecule has 1 aromatic rings. The molecule has 1 atom stereocenters. The standard InChI is InChI=1S/C15H20ClNO/c1-12-4-2-5-13(10-12)11-15(18)17-9-3-6-14(17)7-8-16/h2,4-5,10,14H,3,6-9,11H2,1H3. The van der Waals surface area contributed by atoms with Gasteiger partial charge in [-0.1, -0.05) is 29.8 Å². The molecule has 2 rings (SSSR count). The van der Waals surface area contributed by atoms with E-state index in [4.69, 9.17) is 11.6 Å². The number of alkyl halides is 1. The van der Waals surface area contributed by atoms with Crippen molar-refractivity contribution < 1.29 is 4.79 Å². The third kappa shape index (κ3) is 3.26. The SMILES string of the molecule is Cc1cccc(CC(=O)N2CCCC2CCCl)c1. The number of likely N-dealkylation sites (tertiary alicyclic amines) is 1. The first-order valence-corrected chi connectivity index (χ1v) is 7.15. The average molecular weight is 266 g/mol. The Kier molecular flexibility index (Phi) is 4.65. The number of benzene rings is 1. The van der Waals surface area contributed by atoms with Crippen LogP contribution >= 0.6 is 11.6 Å². The maximum Gasteiger partial charge on any atom is 0.227 e. The van der Waals surface area contributed by atoms with Crippen molar-refractivity contribution in [2.45, 2.75) is 38.6 Å². The second kappa shape index (κ2) is 6.24. The fraction of sp³-hybridized carbons (Fsp3) is 0.533. The lowest BCUT2D eigenvalue weighted by molar-refractivity contribution is -0.131. The van der Waals surface area contributed by atoms with Crippen LogP contribution in [0.25, 0.3) is 0 Å². The van der Waals surface area contributed by atoms with Gasteiger partial charge >= 0.3 is 0 Å². The summed E-state index contributed by atoms with van der Waals surface area (Å²) >= 11 is 5.79. The highest BCUT2D eigenvalue weighted by atomic mass is 35.5. The predicted molar refractivity (Wildman–Crippen MR) is 75.0 cm³/mol. The lowest BCUT2D eigenvalue weighted by Crippen LogP contribution is -2.36. The number of nitrogens with zero attached hydrogens (tertiary/aromatic N) is 1. The van der Waals surface area contributed by atoms with E-state index in [1.165, 1.54) is 5.56 Å². The number of rotatable bonds is 4. The first kappa shape index (κ1) is 13.4. The minimum Gasteiger partial charge on any atom is -0.339 e. The quantitative estimate of drug-likeness (QED) is 0.766. The van der Waals surface area contributed by atoms with Crippen LogP contribution in [-0.2, 0) is 11.2 Å². The van der Waals surface area contributed by atoms with Crippen LogP contribution < -0.4 is 0 Å². The van der Waals surface area contributed by atoms with Crippen LogP contribution in [0, 0.1) is 6.92 Å². The van der Waals surface area contributed by atoms with E-state index >= 15 is 0 Å². The molecule has 0 aromatic heterocycles. The minimum atomic E-state index is 0.244. The molecule has 0 bridgehead atoms. The molecule has 0 saturated carbocycles. The van der Waals surface area contributed by atoms with Crippen molar-refractivity contribution in [3.63, 3.8) is 0 Å². The Hall–Kier alpha value is -1.02. The summed E-state index contributed by atoms with van der Waals surface area (Å²) < 4.78 is 0. The van der Waals surface area contributed by atoms with Gasteiger partial charge in [-0.15, -0.1) is 11.6 Å². The van der Waals surface area contributed by atoms with Crippen molar-refractivity contribution >= 4 is 17.5 Å². The van der Waals surface area contributed by atoms with E-state index in [9.17, 15) is 4.79 Å². The molecule has 98 valence electrons. The minimum absolute atomic E-state index is 0.244. The molecule has 1 aliphatic rings. The summed E-state index contributed by atoms with van der Waals surface area (Å²) in [6, 6.07) is 8.54. The van der Waals surface area contributed by atoms with E-state index in [0.29, 0.717) is 18.3 Å². The largest absolute Gasteiger partial charge is 0.339 e. The summed E-state index contributed by atoms with van der Waals surface area (Å²) in [6.45, 7) is 2.95. The van der Waals surface area contributed by atoms with E-state index in [2.05, 4.69) is 19.1 Å². The Labute approximate surface area is 114 Å². The Morgan fingerprint density at radius 2 is 2.33 bits per heavy atom. The average Bonchev–Trinajstić information content (AvgIpc) is 2.78. The lowest BCUT2D eigenvalue weighted by atomic mass is 10.1. The number of hydrogen-bond acceptors (Lipinski definition) is 1. The molecule has 1 heterocycles. The molecule has 1 saturated heterocycles. The molecule has 1 aliphatic heterocycles. The highest BCUT2D eigenvalue weighted by Crippen LogP contribution is 2.21. The summed E-state index contributed by atoms with van der Waals surface area (Å²) in [4.78, 5) is 14.3. The molecule has 1 aromatic carbocycles. The van der Waals surface area contributed by atoms with Crippen molar-refractivity contribution in [2.75, 3.05) is 12.4 Å². The molecular formula is C15H20ClNO. The van der Waals surface area contributed by atoms with Gasteiger partial charge < -0.3 is 4.90 Å². The first-order chi connectivity index (χ1) is 8.70. The van der Waals surface area contributed by atoms with Crippen molar-refractivity contribution in [2.24, 2.45) is 0 Å². The van der Waals surface area contributed by atoms with Crippen molar-refractivity contribution in [1.82, 2.24) is 4.90 Å². The lowest BCUT2D eigenvalue weighted by Gasteiger charge is -2.24. The summed E-state index contributed by atoms with van der Waals surface area (Å²) in [5, 5.41) is 0. The molecule has 18 heavy (non-hydrogen) atoms. The maximum atomic E-state index is 12.3. The number of amides is 1. The Morgan fingerprint density at radius 3 is 3.06 bits per heavy atom.